The first-order valence-electron chi connectivity index (χ1n) is 9.61. The molecule has 0 radical (unpaired) electrons. The van der Waals surface area contributed by atoms with E-state index in [9.17, 15) is 9.59 Å². The minimum absolute atomic E-state index is 0.185. The molecule has 2 fully saturated rings. The third kappa shape index (κ3) is 4.36. The number of anilines is 2. The molecule has 2 aliphatic heterocycles. The standard InChI is InChI=1S/C20H30N4O2/c1-14(2)23(3)16-10-12-24(13-11-16)17-6-4-15(5-7-17)21-18-8-9-19(25)22-20(18)26/h4-7,14,16,18,21H,8-13H2,1-3H3,(H,22,25,26). The van der Waals surface area contributed by atoms with Crippen LogP contribution in [0.1, 0.15) is 39.5 Å². The summed E-state index contributed by atoms with van der Waals surface area (Å²) in [5.74, 6) is -0.420. The van der Waals surface area contributed by atoms with Crippen molar-refractivity contribution in [3.63, 3.8) is 0 Å². The number of carbonyl (C=O) groups is 2. The van der Waals surface area contributed by atoms with Gasteiger partial charge in [-0.2, -0.15) is 0 Å². The molecule has 1 aromatic carbocycles. The second kappa shape index (κ2) is 8.08. The molecule has 2 aliphatic rings. The van der Waals surface area contributed by atoms with E-state index in [1.165, 1.54) is 18.5 Å². The molecular formula is C20H30N4O2. The normalized spacial score (nSPS) is 22.0. The van der Waals surface area contributed by atoms with Crippen LogP contribution >= 0.6 is 0 Å². The van der Waals surface area contributed by atoms with Crippen LogP contribution in [0.25, 0.3) is 0 Å². The Labute approximate surface area is 155 Å². The zero-order chi connectivity index (χ0) is 18.7. The second-order valence-electron chi connectivity index (χ2n) is 7.67. The van der Waals surface area contributed by atoms with Gasteiger partial charge in [0.2, 0.25) is 11.8 Å². The maximum Gasteiger partial charge on any atom is 0.249 e. The van der Waals surface area contributed by atoms with Crippen molar-refractivity contribution in [2.24, 2.45) is 0 Å². The van der Waals surface area contributed by atoms with Crippen LogP contribution < -0.4 is 15.5 Å². The number of hydrogen-bond donors (Lipinski definition) is 2. The Kier molecular flexibility index (Phi) is 5.81. The Morgan fingerprint density at radius 3 is 2.35 bits per heavy atom. The van der Waals surface area contributed by atoms with Crippen LogP contribution in [0.15, 0.2) is 24.3 Å². The third-order valence-electron chi connectivity index (χ3n) is 5.67. The SMILES string of the molecule is CC(C)N(C)C1CCN(c2ccc(NC3CCC(=O)NC3=O)cc2)CC1. The molecule has 1 unspecified atom stereocenters. The summed E-state index contributed by atoms with van der Waals surface area (Å²) in [7, 11) is 2.22. The number of nitrogens with zero attached hydrogens (tertiary/aromatic N) is 2. The van der Waals surface area contributed by atoms with E-state index >= 15 is 0 Å². The second-order valence-corrected chi connectivity index (χ2v) is 7.67. The summed E-state index contributed by atoms with van der Waals surface area (Å²) in [4.78, 5) is 28.0. The smallest absolute Gasteiger partial charge is 0.249 e. The van der Waals surface area contributed by atoms with E-state index in [1.54, 1.807) is 0 Å². The highest BCUT2D eigenvalue weighted by molar-refractivity contribution is 6.01. The third-order valence-corrected chi connectivity index (χ3v) is 5.67. The highest BCUT2D eigenvalue weighted by Crippen LogP contribution is 2.25. The van der Waals surface area contributed by atoms with Crippen LogP contribution in [0.4, 0.5) is 11.4 Å². The lowest BCUT2D eigenvalue weighted by atomic mass is 10.0. The molecule has 3 rings (SSSR count). The van der Waals surface area contributed by atoms with Crippen LogP contribution in [-0.2, 0) is 9.59 Å². The van der Waals surface area contributed by atoms with Crippen molar-refractivity contribution in [2.45, 2.75) is 57.7 Å². The highest BCUT2D eigenvalue weighted by Gasteiger charge is 2.26. The van der Waals surface area contributed by atoms with Gasteiger partial charge in [-0.05, 0) is 64.4 Å². The van der Waals surface area contributed by atoms with Crippen molar-refractivity contribution in [1.82, 2.24) is 10.2 Å². The molecule has 26 heavy (non-hydrogen) atoms. The van der Waals surface area contributed by atoms with Gasteiger partial charge in [-0.25, -0.2) is 0 Å². The molecule has 0 aliphatic carbocycles. The van der Waals surface area contributed by atoms with E-state index in [1.807, 2.05) is 12.1 Å². The predicted molar refractivity (Wildman–Crippen MR) is 104 cm³/mol. The molecule has 6 heteroatoms. The lowest BCUT2D eigenvalue weighted by Crippen LogP contribution is -2.47. The molecule has 2 heterocycles. The monoisotopic (exact) mass is 358 g/mol. The van der Waals surface area contributed by atoms with Crippen LogP contribution in [-0.4, -0.2) is 55.0 Å². The Hall–Kier alpha value is -2.08. The van der Waals surface area contributed by atoms with E-state index in [-0.39, 0.29) is 17.9 Å². The molecule has 142 valence electrons. The van der Waals surface area contributed by atoms with Crippen molar-refractivity contribution >= 4 is 23.2 Å². The maximum absolute atomic E-state index is 11.9. The lowest BCUT2D eigenvalue weighted by Gasteiger charge is -2.39. The Morgan fingerprint density at radius 1 is 1.12 bits per heavy atom. The summed E-state index contributed by atoms with van der Waals surface area (Å²) in [5.41, 5.74) is 2.14. The number of piperidine rings is 2. The summed E-state index contributed by atoms with van der Waals surface area (Å²) >= 11 is 0. The summed E-state index contributed by atoms with van der Waals surface area (Å²) < 4.78 is 0. The van der Waals surface area contributed by atoms with E-state index < -0.39 is 0 Å². The summed E-state index contributed by atoms with van der Waals surface area (Å²) in [6.07, 6.45) is 3.31. The zero-order valence-electron chi connectivity index (χ0n) is 16.0. The van der Waals surface area contributed by atoms with Gasteiger partial charge in [0.25, 0.3) is 0 Å². The minimum atomic E-state index is -0.333. The lowest BCUT2D eigenvalue weighted by molar-refractivity contribution is -0.133. The average molecular weight is 358 g/mol. The average Bonchev–Trinajstić information content (AvgIpc) is 2.64. The maximum atomic E-state index is 11.9. The van der Waals surface area contributed by atoms with Gasteiger partial charge in [0.05, 0.1) is 0 Å². The summed E-state index contributed by atoms with van der Waals surface area (Å²) in [5, 5.41) is 5.61. The molecule has 2 N–H and O–H groups in total. The summed E-state index contributed by atoms with van der Waals surface area (Å²) in [6, 6.07) is 9.18. The first kappa shape index (κ1) is 18.7. The predicted octanol–water partition coefficient (Wildman–Crippen LogP) is 2.21. The molecule has 0 saturated carbocycles. The number of rotatable bonds is 5. The Balaban J connectivity index is 1.54. The summed E-state index contributed by atoms with van der Waals surface area (Å²) in [6.45, 7) is 6.64. The van der Waals surface area contributed by atoms with Gasteiger partial charge in [0, 0.05) is 43.0 Å². The Morgan fingerprint density at radius 2 is 1.77 bits per heavy atom. The van der Waals surface area contributed by atoms with E-state index in [0.29, 0.717) is 24.9 Å². The first-order valence-corrected chi connectivity index (χ1v) is 9.61. The quantitative estimate of drug-likeness (QED) is 0.790. The van der Waals surface area contributed by atoms with E-state index in [0.717, 1.165) is 18.8 Å². The van der Waals surface area contributed by atoms with Gasteiger partial charge in [0.15, 0.2) is 0 Å². The minimum Gasteiger partial charge on any atom is -0.374 e. The van der Waals surface area contributed by atoms with Crippen molar-refractivity contribution in [3.8, 4) is 0 Å². The van der Waals surface area contributed by atoms with E-state index in [2.05, 4.69) is 53.5 Å². The largest absolute Gasteiger partial charge is 0.374 e. The van der Waals surface area contributed by atoms with Crippen molar-refractivity contribution in [1.29, 1.82) is 0 Å². The zero-order valence-corrected chi connectivity index (χ0v) is 16.0. The topological polar surface area (TPSA) is 64.7 Å². The fourth-order valence-corrected chi connectivity index (χ4v) is 3.75. The van der Waals surface area contributed by atoms with Crippen LogP contribution in [0.3, 0.4) is 0 Å². The van der Waals surface area contributed by atoms with Gasteiger partial charge in [-0.15, -0.1) is 0 Å². The van der Waals surface area contributed by atoms with E-state index in [4.69, 9.17) is 0 Å². The van der Waals surface area contributed by atoms with Gasteiger partial charge in [-0.3, -0.25) is 14.9 Å². The molecule has 0 spiro atoms. The van der Waals surface area contributed by atoms with Crippen molar-refractivity contribution in [3.05, 3.63) is 24.3 Å². The highest BCUT2D eigenvalue weighted by atomic mass is 16.2. The number of amides is 2. The first-order chi connectivity index (χ1) is 12.4. The van der Waals surface area contributed by atoms with Crippen LogP contribution in [0.5, 0.6) is 0 Å². The molecule has 2 amide bonds. The number of imide groups is 1. The van der Waals surface area contributed by atoms with Crippen LogP contribution in [0, 0.1) is 0 Å². The number of benzene rings is 1. The van der Waals surface area contributed by atoms with Gasteiger partial charge < -0.3 is 15.1 Å². The Bertz CT molecular complexity index is 636. The molecule has 1 atom stereocenters. The van der Waals surface area contributed by atoms with Gasteiger partial charge in [-0.1, -0.05) is 0 Å². The van der Waals surface area contributed by atoms with Gasteiger partial charge >= 0.3 is 0 Å². The molecular weight excluding hydrogens is 328 g/mol. The number of hydrogen-bond acceptors (Lipinski definition) is 5. The molecule has 1 aromatic rings. The molecule has 2 saturated heterocycles. The van der Waals surface area contributed by atoms with Gasteiger partial charge in [0.1, 0.15) is 6.04 Å². The fourth-order valence-electron chi connectivity index (χ4n) is 3.75. The van der Waals surface area contributed by atoms with Crippen molar-refractivity contribution in [2.75, 3.05) is 30.4 Å². The number of carbonyl (C=O) groups excluding carboxylic acids is 2. The fraction of sp³-hybridized carbons (Fsp3) is 0.600. The molecule has 0 aromatic heterocycles. The number of nitrogens with one attached hydrogen (secondary N) is 2. The molecule has 0 bridgehead atoms. The molecule has 6 nitrogen and oxygen atoms in total. The van der Waals surface area contributed by atoms with Crippen molar-refractivity contribution < 1.29 is 9.59 Å². The van der Waals surface area contributed by atoms with Crippen LogP contribution in [0.2, 0.25) is 0 Å².